The van der Waals surface area contributed by atoms with E-state index >= 15 is 0 Å². The SMILES string of the molecule is CCC(=O)N1CCN(c2nc(C)nc(C)c2Cc2ccc(OC)cc2)CC1. The second-order valence-corrected chi connectivity index (χ2v) is 6.90. The third-order valence-corrected chi connectivity index (χ3v) is 5.08. The lowest BCUT2D eigenvalue weighted by molar-refractivity contribution is -0.131. The van der Waals surface area contributed by atoms with Gasteiger partial charge in [0, 0.05) is 50.3 Å². The molecule has 27 heavy (non-hydrogen) atoms. The molecule has 0 radical (unpaired) electrons. The Morgan fingerprint density at radius 2 is 1.74 bits per heavy atom. The second kappa shape index (κ2) is 8.37. The number of hydrogen-bond donors (Lipinski definition) is 0. The Bertz CT molecular complexity index is 797. The van der Waals surface area contributed by atoms with Crippen LogP contribution >= 0.6 is 0 Å². The Labute approximate surface area is 161 Å². The molecule has 0 aliphatic carbocycles. The summed E-state index contributed by atoms with van der Waals surface area (Å²) in [5.74, 6) is 2.86. The number of nitrogens with zero attached hydrogens (tertiary/aromatic N) is 4. The maximum absolute atomic E-state index is 12.0. The van der Waals surface area contributed by atoms with Gasteiger partial charge < -0.3 is 14.5 Å². The number of aromatic nitrogens is 2. The van der Waals surface area contributed by atoms with Crippen molar-refractivity contribution in [3.63, 3.8) is 0 Å². The van der Waals surface area contributed by atoms with Crippen molar-refractivity contribution in [1.82, 2.24) is 14.9 Å². The zero-order valence-corrected chi connectivity index (χ0v) is 16.7. The van der Waals surface area contributed by atoms with E-state index < -0.39 is 0 Å². The van der Waals surface area contributed by atoms with Crippen molar-refractivity contribution in [3.8, 4) is 5.75 Å². The molecule has 6 nitrogen and oxygen atoms in total. The van der Waals surface area contributed by atoms with Gasteiger partial charge in [0.25, 0.3) is 0 Å². The predicted octanol–water partition coefficient (Wildman–Crippen LogP) is 2.75. The lowest BCUT2D eigenvalue weighted by Gasteiger charge is -2.36. The van der Waals surface area contributed by atoms with Gasteiger partial charge in [-0.1, -0.05) is 19.1 Å². The summed E-state index contributed by atoms with van der Waals surface area (Å²) >= 11 is 0. The van der Waals surface area contributed by atoms with Gasteiger partial charge in [-0.05, 0) is 31.5 Å². The fourth-order valence-corrected chi connectivity index (χ4v) is 3.53. The summed E-state index contributed by atoms with van der Waals surface area (Å²) in [7, 11) is 1.67. The highest BCUT2D eigenvalue weighted by Crippen LogP contribution is 2.26. The Hall–Kier alpha value is -2.63. The van der Waals surface area contributed by atoms with Gasteiger partial charge in [0.2, 0.25) is 5.91 Å². The van der Waals surface area contributed by atoms with Crippen molar-refractivity contribution in [2.24, 2.45) is 0 Å². The number of methoxy groups -OCH3 is 1. The molecule has 1 fully saturated rings. The number of aryl methyl sites for hydroxylation is 2. The minimum Gasteiger partial charge on any atom is -0.497 e. The summed E-state index contributed by atoms with van der Waals surface area (Å²) in [4.78, 5) is 25.5. The fraction of sp³-hybridized carbons (Fsp3) is 0.476. The third kappa shape index (κ3) is 4.38. The van der Waals surface area contributed by atoms with Crippen LogP contribution in [0, 0.1) is 13.8 Å². The van der Waals surface area contributed by atoms with Crippen LogP contribution in [0.5, 0.6) is 5.75 Å². The molecular weight excluding hydrogens is 340 g/mol. The van der Waals surface area contributed by atoms with Crippen LogP contribution in [0.2, 0.25) is 0 Å². The van der Waals surface area contributed by atoms with Gasteiger partial charge in [-0.3, -0.25) is 4.79 Å². The quantitative estimate of drug-likeness (QED) is 0.812. The highest BCUT2D eigenvalue weighted by Gasteiger charge is 2.24. The van der Waals surface area contributed by atoms with Crippen LogP contribution in [-0.4, -0.2) is 54.1 Å². The normalized spacial score (nSPS) is 14.4. The molecule has 1 aliphatic rings. The lowest BCUT2D eigenvalue weighted by atomic mass is 10.0. The van der Waals surface area contributed by atoms with Crippen LogP contribution in [0.4, 0.5) is 5.82 Å². The van der Waals surface area contributed by atoms with E-state index in [9.17, 15) is 4.79 Å². The molecule has 0 atom stereocenters. The van der Waals surface area contributed by atoms with E-state index in [2.05, 4.69) is 22.0 Å². The van der Waals surface area contributed by atoms with Crippen LogP contribution in [0.3, 0.4) is 0 Å². The van der Waals surface area contributed by atoms with Crippen molar-refractivity contribution in [1.29, 1.82) is 0 Å². The molecular formula is C21H28N4O2. The van der Waals surface area contributed by atoms with Gasteiger partial charge >= 0.3 is 0 Å². The van der Waals surface area contributed by atoms with E-state index in [1.54, 1.807) is 7.11 Å². The number of ether oxygens (including phenoxy) is 1. The summed E-state index contributed by atoms with van der Waals surface area (Å²) in [5.41, 5.74) is 3.37. The highest BCUT2D eigenvalue weighted by molar-refractivity contribution is 5.76. The van der Waals surface area contributed by atoms with Crippen LogP contribution in [0.1, 0.15) is 36.0 Å². The van der Waals surface area contributed by atoms with Gasteiger partial charge in [-0.2, -0.15) is 0 Å². The first-order chi connectivity index (χ1) is 13.0. The molecule has 3 rings (SSSR count). The van der Waals surface area contributed by atoms with Crippen LogP contribution in [0.25, 0.3) is 0 Å². The molecule has 0 unspecified atom stereocenters. The van der Waals surface area contributed by atoms with Crippen molar-refractivity contribution >= 4 is 11.7 Å². The van der Waals surface area contributed by atoms with Crippen LogP contribution in [0.15, 0.2) is 24.3 Å². The lowest BCUT2D eigenvalue weighted by Crippen LogP contribution is -2.49. The fourth-order valence-electron chi connectivity index (χ4n) is 3.53. The topological polar surface area (TPSA) is 58.6 Å². The van der Waals surface area contributed by atoms with Gasteiger partial charge in [0.05, 0.1) is 7.11 Å². The molecule has 1 aromatic heterocycles. The first-order valence-electron chi connectivity index (χ1n) is 9.51. The average Bonchev–Trinajstić information content (AvgIpc) is 2.70. The van der Waals surface area contributed by atoms with Crippen LogP contribution in [-0.2, 0) is 11.2 Å². The standard InChI is InChI=1S/C21H28N4O2/c1-5-20(26)24-10-12-25(13-11-24)21-19(15(2)22-16(3)23-21)14-17-6-8-18(27-4)9-7-17/h6-9H,5,10-14H2,1-4H3. The molecule has 1 aliphatic heterocycles. The van der Waals surface area contributed by atoms with Crippen molar-refractivity contribution in [2.45, 2.75) is 33.6 Å². The maximum atomic E-state index is 12.0. The average molecular weight is 368 g/mol. The second-order valence-electron chi connectivity index (χ2n) is 6.90. The Morgan fingerprint density at radius 1 is 1.07 bits per heavy atom. The van der Waals surface area contributed by atoms with E-state index in [-0.39, 0.29) is 5.91 Å². The minimum absolute atomic E-state index is 0.225. The highest BCUT2D eigenvalue weighted by atomic mass is 16.5. The molecule has 0 bridgehead atoms. The first-order valence-corrected chi connectivity index (χ1v) is 9.51. The number of rotatable bonds is 5. The van der Waals surface area contributed by atoms with Crippen molar-refractivity contribution < 1.29 is 9.53 Å². The zero-order chi connectivity index (χ0) is 19.4. The number of anilines is 1. The molecule has 2 aromatic rings. The van der Waals surface area contributed by atoms with Gasteiger partial charge in [-0.25, -0.2) is 9.97 Å². The number of carbonyl (C=O) groups excluding carboxylic acids is 1. The first kappa shape index (κ1) is 19.1. The number of benzene rings is 1. The molecule has 1 aromatic carbocycles. The van der Waals surface area contributed by atoms with E-state index in [4.69, 9.17) is 9.72 Å². The molecule has 2 heterocycles. The summed E-state index contributed by atoms with van der Waals surface area (Å²) in [6, 6.07) is 8.13. The Kier molecular flexibility index (Phi) is 5.94. The predicted molar refractivity (Wildman–Crippen MR) is 106 cm³/mol. The number of hydrogen-bond acceptors (Lipinski definition) is 5. The Morgan fingerprint density at radius 3 is 2.33 bits per heavy atom. The summed E-state index contributed by atoms with van der Waals surface area (Å²) in [5, 5.41) is 0. The number of amides is 1. The Balaban J connectivity index is 1.83. The third-order valence-electron chi connectivity index (χ3n) is 5.08. The van der Waals surface area contributed by atoms with Gasteiger partial charge in [0.15, 0.2) is 0 Å². The molecule has 0 saturated carbocycles. The summed E-state index contributed by atoms with van der Waals surface area (Å²) < 4.78 is 5.25. The monoisotopic (exact) mass is 368 g/mol. The largest absolute Gasteiger partial charge is 0.497 e. The summed E-state index contributed by atoms with van der Waals surface area (Å²) in [6.07, 6.45) is 1.34. The molecule has 0 spiro atoms. The maximum Gasteiger partial charge on any atom is 0.222 e. The van der Waals surface area contributed by atoms with Crippen molar-refractivity contribution in [3.05, 3.63) is 46.9 Å². The molecule has 0 N–H and O–H groups in total. The van der Waals surface area contributed by atoms with Crippen molar-refractivity contribution in [2.75, 3.05) is 38.2 Å². The number of carbonyl (C=O) groups is 1. The minimum atomic E-state index is 0.225. The van der Waals surface area contributed by atoms with Crippen LogP contribution < -0.4 is 9.64 Å². The zero-order valence-electron chi connectivity index (χ0n) is 16.7. The van der Waals surface area contributed by atoms with E-state index in [0.29, 0.717) is 6.42 Å². The van der Waals surface area contributed by atoms with E-state index in [1.807, 2.05) is 37.8 Å². The molecule has 1 amide bonds. The smallest absolute Gasteiger partial charge is 0.222 e. The number of piperazine rings is 1. The van der Waals surface area contributed by atoms with E-state index in [1.165, 1.54) is 5.56 Å². The molecule has 6 heteroatoms. The van der Waals surface area contributed by atoms with Gasteiger partial charge in [-0.15, -0.1) is 0 Å². The molecule has 144 valence electrons. The molecule has 1 saturated heterocycles. The van der Waals surface area contributed by atoms with Gasteiger partial charge in [0.1, 0.15) is 17.4 Å². The van der Waals surface area contributed by atoms with E-state index in [0.717, 1.165) is 61.2 Å². The summed E-state index contributed by atoms with van der Waals surface area (Å²) in [6.45, 7) is 9.00.